The zero-order valence-electron chi connectivity index (χ0n) is 14.4. The highest BCUT2D eigenvalue weighted by molar-refractivity contribution is 5.80. The lowest BCUT2D eigenvalue weighted by Gasteiger charge is -2.33. The van der Waals surface area contributed by atoms with Crippen molar-refractivity contribution in [1.82, 2.24) is 15.4 Å². The molecule has 0 bridgehead atoms. The number of esters is 1. The zero-order valence-corrected chi connectivity index (χ0v) is 14.4. The first-order valence-electron chi connectivity index (χ1n) is 8.09. The summed E-state index contributed by atoms with van der Waals surface area (Å²) in [6.45, 7) is 8.82. The molecule has 0 aliphatic carbocycles. The van der Waals surface area contributed by atoms with Gasteiger partial charge in [-0.3, -0.25) is 4.79 Å². The van der Waals surface area contributed by atoms with Crippen LogP contribution in [0.1, 0.15) is 36.8 Å². The molecule has 1 N–H and O–H groups in total. The molecule has 7 heteroatoms. The SMILES string of the molecule is CCNC(=NCc1c(C)noc1C)N1CCC(C(=O)OC)CC1. The van der Waals surface area contributed by atoms with Gasteiger partial charge in [0.15, 0.2) is 5.96 Å². The molecule has 1 saturated heterocycles. The molecule has 0 aromatic carbocycles. The van der Waals surface area contributed by atoms with Crippen LogP contribution in [-0.2, 0) is 16.1 Å². The molecule has 2 rings (SSSR count). The molecule has 0 radical (unpaired) electrons. The number of piperidine rings is 1. The Kier molecular flexibility index (Phi) is 6.01. The van der Waals surface area contributed by atoms with Crippen LogP contribution in [0.5, 0.6) is 0 Å². The third kappa shape index (κ3) is 4.24. The normalized spacial score (nSPS) is 16.5. The maximum absolute atomic E-state index is 11.6. The van der Waals surface area contributed by atoms with Crippen molar-refractivity contribution in [2.45, 2.75) is 40.2 Å². The fraction of sp³-hybridized carbons (Fsp3) is 0.688. The van der Waals surface area contributed by atoms with Crippen molar-refractivity contribution in [2.24, 2.45) is 10.9 Å². The lowest BCUT2D eigenvalue weighted by atomic mass is 9.97. The number of rotatable bonds is 4. The Morgan fingerprint density at radius 3 is 2.65 bits per heavy atom. The van der Waals surface area contributed by atoms with Gasteiger partial charge in [0.2, 0.25) is 0 Å². The Balaban J connectivity index is 2.01. The van der Waals surface area contributed by atoms with E-state index in [1.807, 2.05) is 20.8 Å². The molecule has 2 heterocycles. The largest absolute Gasteiger partial charge is 0.469 e. The number of methoxy groups -OCH3 is 1. The number of hydrogen-bond acceptors (Lipinski definition) is 5. The van der Waals surface area contributed by atoms with Crippen molar-refractivity contribution in [1.29, 1.82) is 0 Å². The van der Waals surface area contributed by atoms with Gasteiger partial charge in [0.1, 0.15) is 5.76 Å². The lowest BCUT2D eigenvalue weighted by Crippen LogP contribution is -2.46. The predicted octanol–water partition coefficient (Wildman–Crippen LogP) is 1.64. The summed E-state index contributed by atoms with van der Waals surface area (Å²) >= 11 is 0. The molecule has 1 fully saturated rings. The van der Waals surface area contributed by atoms with Gasteiger partial charge in [-0.15, -0.1) is 0 Å². The first kappa shape index (κ1) is 17.3. The summed E-state index contributed by atoms with van der Waals surface area (Å²) in [5, 5.41) is 7.28. The second-order valence-corrected chi connectivity index (χ2v) is 5.76. The maximum Gasteiger partial charge on any atom is 0.308 e. The van der Waals surface area contributed by atoms with Crippen LogP contribution >= 0.6 is 0 Å². The van der Waals surface area contributed by atoms with Gasteiger partial charge in [0.05, 0.1) is 25.3 Å². The lowest BCUT2D eigenvalue weighted by molar-refractivity contribution is -0.146. The second kappa shape index (κ2) is 7.99. The number of aliphatic imine (C=N–C) groups is 1. The van der Waals surface area contributed by atoms with Gasteiger partial charge in [0, 0.05) is 25.2 Å². The Hall–Kier alpha value is -2.05. The Bertz CT molecular complexity index is 540. The highest BCUT2D eigenvalue weighted by atomic mass is 16.5. The molecule has 7 nitrogen and oxygen atoms in total. The van der Waals surface area contributed by atoms with Crippen molar-refractivity contribution in [3.05, 3.63) is 17.0 Å². The standard InChI is InChI=1S/C16H26N4O3/c1-5-17-16(18-10-14-11(2)19-23-12(14)3)20-8-6-13(7-9-20)15(21)22-4/h13H,5-10H2,1-4H3,(H,17,18). The highest BCUT2D eigenvalue weighted by Crippen LogP contribution is 2.19. The number of ether oxygens (including phenoxy) is 1. The highest BCUT2D eigenvalue weighted by Gasteiger charge is 2.27. The number of aromatic nitrogens is 1. The number of hydrogen-bond donors (Lipinski definition) is 1. The van der Waals surface area contributed by atoms with E-state index in [4.69, 9.17) is 14.3 Å². The maximum atomic E-state index is 11.6. The van der Waals surface area contributed by atoms with E-state index in [0.29, 0.717) is 6.54 Å². The van der Waals surface area contributed by atoms with Crippen LogP contribution in [0.3, 0.4) is 0 Å². The Morgan fingerprint density at radius 1 is 1.43 bits per heavy atom. The van der Waals surface area contributed by atoms with Gasteiger partial charge in [-0.2, -0.15) is 0 Å². The van der Waals surface area contributed by atoms with E-state index in [9.17, 15) is 4.79 Å². The summed E-state index contributed by atoms with van der Waals surface area (Å²) in [6.07, 6.45) is 1.59. The van der Waals surface area contributed by atoms with Crippen LogP contribution in [0.15, 0.2) is 9.52 Å². The molecule has 128 valence electrons. The molecule has 1 aromatic rings. The van der Waals surface area contributed by atoms with Crippen LogP contribution in [0.25, 0.3) is 0 Å². The summed E-state index contributed by atoms with van der Waals surface area (Å²) in [6, 6.07) is 0. The molecule has 23 heavy (non-hydrogen) atoms. The molecule has 1 aliphatic heterocycles. The number of carbonyl (C=O) groups excluding carboxylic acids is 1. The van der Waals surface area contributed by atoms with Crippen LogP contribution < -0.4 is 5.32 Å². The van der Waals surface area contributed by atoms with Gasteiger partial charge in [0.25, 0.3) is 0 Å². The van der Waals surface area contributed by atoms with E-state index >= 15 is 0 Å². The van der Waals surface area contributed by atoms with E-state index in [-0.39, 0.29) is 11.9 Å². The van der Waals surface area contributed by atoms with Gasteiger partial charge in [-0.25, -0.2) is 4.99 Å². The van der Waals surface area contributed by atoms with E-state index in [1.54, 1.807) is 0 Å². The second-order valence-electron chi connectivity index (χ2n) is 5.76. The summed E-state index contributed by atoms with van der Waals surface area (Å²) in [5.74, 6) is 1.58. The number of carbonyl (C=O) groups is 1. The summed E-state index contributed by atoms with van der Waals surface area (Å²) in [7, 11) is 1.45. The average molecular weight is 322 g/mol. The molecule has 0 spiro atoms. The van der Waals surface area contributed by atoms with Crippen molar-refractivity contribution in [3.8, 4) is 0 Å². The Labute approximate surface area is 137 Å². The molecule has 0 saturated carbocycles. The molecule has 0 unspecified atom stereocenters. The number of guanidine groups is 1. The smallest absolute Gasteiger partial charge is 0.308 e. The third-order valence-corrected chi connectivity index (χ3v) is 4.23. The third-order valence-electron chi connectivity index (χ3n) is 4.23. The minimum Gasteiger partial charge on any atom is -0.469 e. The molecule has 0 atom stereocenters. The first-order valence-corrected chi connectivity index (χ1v) is 8.09. The first-order chi connectivity index (χ1) is 11.1. The van der Waals surface area contributed by atoms with Gasteiger partial charge in [-0.1, -0.05) is 5.16 Å². The minimum absolute atomic E-state index is 0.00156. The van der Waals surface area contributed by atoms with E-state index < -0.39 is 0 Å². The van der Waals surface area contributed by atoms with E-state index in [2.05, 4.69) is 15.4 Å². The topological polar surface area (TPSA) is 80.0 Å². The van der Waals surface area contributed by atoms with Crippen molar-refractivity contribution in [2.75, 3.05) is 26.7 Å². The quantitative estimate of drug-likeness (QED) is 0.516. The van der Waals surface area contributed by atoms with Gasteiger partial charge in [-0.05, 0) is 33.6 Å². The fourth-order valence-electron chi connectivity index (χ4n) is 2.80. The fourth-order valence-corrected chi connectivity index (χ4v) is 2.80. The monoisotopic (exact) mass is 322 g/mol. The van der Waals surface area contributed by atoms with Crippen LogP contribution in [0.2, 0.25) is 0 Å². The zero-order chi connectivity index (χ0) is 16.8. The Morgan fingerprint density at radius 2 is 2.13 bits per heavy atom. The molecular formula is C16H26N4O3. The van der Waals surface area contributed by atoms with Crippen LogP contribution in [0.4, 0.5) is 0 Å². The number of nitrogens with one attached hydrogen (secondary N) is 1. The van der Waals surface area contributed by atoms with Gasteiger partial charge >= 0.3 is 5.97 Å². The van der Waals surface area contributed by atoms with Crippen molar-refractivity contribution < 1.29 is 14.1 Å². The van der Waals surface area contributed by atoms with E-state index in [0.717, 1.165) is 55.5 Å². The van der Waals surface area contributed by atoms with Crippen LogP contribution in [0, 0.1) is 19.8 Å². The summed E-state index contributed by atoms with van der Waals surface area (Å²) < 4.78 is 10.0. The van der Waals surface area contributed by atoms with E-state index in [1.165, 1.54) is 7.11 Å². The number of nitrogens with zero attached hydrogens (tertiary/aromatic N) is 3. The predicted molar refractivity (Wildman–Crippen MR) is 87.1 cm³/mol. The van der Waals surface area contributed by atoms with Crippen LogP contribution in [-0.4, -0.2) is 48.7 Å². The van der Waals surface area contributed by atoms with Gasteiger partial charge < -0.3 is 19.5 Å². The molecule has 0 amide bonds. The molecule has 1 aliphatic rings. The molecule has 1 aromatic heterocycles. The molecular weight excluding hydrogens is 296 g/mol. The minimum atomic E-state index is -0.109. The average Bonchev–Trinajstić information content (AvgIpc) is 2.89. The number of likely N-dealkylation sites (tertiary alicyclic amines) is 1. The summed E-state index contributed by atoms with van der Waals surface area (Å²) in [5.41, 5.74) is 1.91. The van der Waals surface area contributed by atoms with Crippen molar-refractivity contribution >= 4 is 11.9 Å². The number of aryl methyl sites for hydroxylation is 2. The van der Waals surface area contributed by atoms with Crippen molar-refractivity contribution in [3.63, 3.8) is 0 Å². The summed E-state index contributed by atoms with van der Waals surface area (Å²) in [4.78, 5) is 18.5.